The number of nitrogens with one attached hydrogen (secondary N) is 1. The second kappa shape index (κ2) is 5.63. The molecule has 116 valence electrons. The van der Waals surface area contributed by atoms with Crippen molar-refractivity contribution in [1.82, 2.24) is 5.32 Å². The second-order valence-corrected chi connectivity index (χ2v) is 5.32. The summed E-state index contributed by atoms with van der Waals surface area (Å²) in [6.07, 6.45) is -3.68. The highest BCUT2D eigenvalue weighted by molar-refractivity contribution is 5.94. The molecular weight excluding hydrogens is 290 g/mol. The van der Waals surface area contributed by atoms with Crippen molar-refractivity contribution in [3.8, 4) is 0 Å². The van der Waals surface area contributed by atoms with Gasteiger partial charge in [-0.2, -0.15) is 13.2 Å². The summed E-state index contributed by atoms with van der Waals surface area (Å²) in [5.74, 6) is -2.04. The summed E-state index contributed by atoms with van der Waals surface area (Å²) in [5.41, 5.74) is -2.18. The first kappa shape index (κ1) is 15.8. The van der Waals surface area contributed by atoms with Crippen molar-refractivity contribution in [2.75, 3.05) is 13.2 Å². The average Bonchev–Trinajstić information content (AvgIpc) is 2.38. The molecule has 1 fully saturated rings. The summed E-state index contributed by atoms with van der Waals surface area (Å²) < 4.78 is 56.3. The van der Waals surface area contributed by atoms with Crippen molar-refractivity contribution in [1.29, 1.82) is 0 Å². The minimum Gasteiger partial charge on any atom is -0.381 e. The Labute approximate surface area is 119 Å². The van der Waals surface area contributed by atoms with Crippen LogP contribution in [0.4, 0.5) is 17.6 Å². The van der Waals surface area contributed by atoms with Crippen LogP contribution in [0.25, 0.3) is 0 Å². The first-order valence-corrected chi connectivity index (χ1v) is 6.48. The van der Waals surface area contributed by atoms with Gasteiger partial charge in [-0.3, -0.25) is 4.79 Å². The molecule has 1 aliphatic rings. The van der Waals surface area contributed by atoms with Gasteiger partial charge in [-0.1, -0.05) is 0 Å². The number of hydrogen-bond donors (Lipinski definition) is 1. The third kappa shape index (κ3) is 3.72. The van der Waals surface area contributed by atoms with Crippen LogP contribution in [-0.4, -0.2) is 24.7 Å². The molecule has 1 amide bonds. The molecular formula is C14H15F4NO2. The number of ether oxygens (including phenoxy) is 1. The van der Waals surface area contributed by atoms with E-state index in [0.29, 0.717) is 38.2 Å². The Morgan fingerprint density at radius 1 is 1.29 bits per heavy atom. The van der Waals surface area contributed by atoms with Gasteiger partial charge in [-0.05, 0) is 38.0 Å². The van der Waals surface area contributed by atoms with Gasteiger partial charge in [-0.25, -0.2) is 4.39 Å². The van der Waals surface area contributed by atoms with Gasteiger partial charge in [0.25, 0.3) is 5.91 Å². The van der Waals surface area contributed by atoms with Crippen LogP contribution in [0.2, 0.25) is 0 Å². The van der Waals surface area contributed by atoms with Gasteiger partial charge in [-0.15, -0.1) is 0 Å². The van der Waals surface area contributed by atoms with E-state index < -0.39 is 29.0 Å². The van der Waals surface area contributed by atoms with Gasteiger partial charge in [0.1, 0.15) is 5.82 Å². The lowest BCUT2D eigenvalue weighted by molar-refractivity contribution is -0.140. The Kier molecular flexibility index (Phi) is 4.22. The molecule has 1 N–H and O–H groups in total. The van der Waals surface area contributed by atoms with Crippen molar-refractivity contribution in [2.45, 2.75) is 31.5 Å². The minimum absolute atomic E-state index is 0.212. The number of amides is 1. The molecule has 2 rings (SSSR count). The molecule has 7 heteroatoms. The lowest BCUT2D eigenvalue weighted by Crippen LogP contribution is -2.49. The first-order chi connectivity index (χ1) is 9.71. The largest absolute Gasteiger partial charge is 0.419 e. The number of rotatable bonds is 2. The van der Waals surface area contributed by atoms with Crippen LogP contribution in [0.3, 0.4) is 0 Å². The monoisotopic (exact) mass is 305 g/mol. The zero-order valence-corrected chi connectivity index (χ0v) is 11.4. The standard InChI is InChI=1S/C14H15F4NO2/c1-13(4-6-21-7-5-13)19-12(20)9-2-3-11(15)10(8-9)14(16,17)18/h2-3,8H,4-7H2,1H3,(H,19,20). The van der Waals surface area contributed by atoms with Crippen molar-refractivity contribution in [3.05, 3.63) is 35.1 Å². The molecule has 1 saturated heterocycles. The van der Waals surface area contributed by atoms with Gasteiger partial charge in [0, 0.05) is 24.3 Å². The first-order valence-electron chi connectivity index (χ1n) is 6.48. The van der Waals surface area contributed by atoms with Crippen LogP contribution in [0.15, 0.2) is 18.2 Å². The molecule has 3 nitrogen and oxygen atoms in total. The summed E-state index contributed by atoms with van der Waals surface area (Å²) in [4.78, 5) is 12.1. The van der Waals surface area contributed by atoms with E-state index in [9.17, 15) is 22.4 Å². The molecule has 21 heavy (non-hydrogen) atoms. The van der Waals surface area contributed by atoms with E-state index in [1.54, 1.807) is 0 Å². The molecule has 0 aromatic heterocycles. The van der Waals surface area contributed by atoms with Crippen LogP contribution in [0, 0.1) is 5.82 Å². The lowest BCUT2D eigenvalue weighted by atomic mass is 9.92. The summed E-state index contributed by atoms with van der Waals surface area (Å²) in [6.45, 7) is 2.77. The molecule has 0 atom stereocenters. The molecule has 0 aliphatic carbocycles. The fraction of sp³-hybridized carbons (Fsp3) is 0.500. The Hall–Kier alpha value is -1.63. The van der Waals surface area contributed by atoms with Crippen LogP contribution >= 0.6 is 0 Å². The lowest BCUT2D eigenvalue weighted by Gasteiger charge is -2.34. The van der Waals surface area contributed by atoms with Crippen molar-refractivity contribution in [2.24, 2.45) is 0 Å². The van der Waals surface area contributed by atoms with Crippen LogP contribution in [-0.2, 0) is 10.9 Å². The highest BCUT2D eigenvalue weighted by Gasteiger charge is 2.35. The predicted octanol–water partition coefficient (Wildman–Crippen LogP) is 3.14. The van der Waals surface area contributed by atoms with Gasteiger partial charge >= 0.3 is 6.18 Å². The van der Waals surface area contributed by atoms with Crippen LogP contribution in [0.5, 0.6) is 0 Å². The van der Waals surface area contributed by atoms with E-state index in [1.165, 1.54) is 0 Å². The Morgan fingerprint density at radius 3 is 2.48 bits per heavy atom. The fourth-order valence-electron chi connectivity index (χ4n) is 2.18. The third-order valence-electron chi connectivity index (χ3n) is 3.55. The SMILES string of the molecule is CC1(NC(=O)c2ccc(F)c(C(F)(F)F)c2)CCOCC1. The van der Waals surface area contributed by atoms with Crippen molar-refractivity contribution >= 4 is 5.91 Å². The van der Waals surface area contributed by atoms with E-state index in [-0.39, 0.29) is 5.56 Å². The smallest absolute Gasteiger partial charge is 0.381 e. The zero-order valence-electron chi connectivity index (χ0n) is 11.4. The second-order valence-electron chi connectivity index (χ2n) is 5.32. The van der Waals surface area contributed by atoms with E-state index >= 15 is 0 Å². The maximum atomic E-state index is 13.2. The molecule has 0 saturated carbocycles. The predicted molar refractivity (Wildman–Crippen MR) is 67.3 cm³/mol. The van der Waals surface area contributed by atoms with E-state index in [2.05, 4.69) is 5.32 Å². The van der Waals surface area contributed by atoms with E-state index in [4.69, 9.17) is 4.74 Å². The Balaban J connectivity index is 2.20. The molecule has 0 unspecified atom stereocenters. The van der Waals surface area contributed by atoms with Gasteiger partial charge in [0.15, 0.2) is 0 Å². The van der Waals surface area contributed by atoms with E-state index in [1.807, 2.05) is 6.92 Å². The number of hydrogen-bond acceptors (Lipinski definition) is 2. The normalized spacial score (nSPS) is 18.3. The van der Waals surface area contributed by atoms with Crippen LogP contribution < -0.4 is 5.32 Å². The number of carbonyl (C=O) groups is 1. The maximum absolute atomic E-state index is 13.2. The van der Waals surface area contributed by atoms with E-state index in [0.717, 1.165) is 6.07 Å². The molecule has 0 bridgehead atoms. The minimum atomic E-state index is -4.83. The summed E-state index contributed by atoms with van der Waals surface area (Å²) in [7, 11) is 0. The van der Waals surface area contributed by atoms with Gasteiger partial charge in [0.2, 0.25) is 0 Å². The fourth-order valence-corrected chi connectivity index (χ4v) is 2.18. The Bertz CT molecular complexity index is 536. The Morgan fingerprint density at radius 2 is 1.90 bits per heavy atom. The molecule has 1 aromatic rings. The third-order valence-corrected chi connectivity index (χ3v) is 3.55. The quantitative estimate of drug-likeness (QED) is 0.853. The topological polar surface area (TPSA) is 38.3 Å². The number of benzene rings is 1. The highest BCUT2D eigenvalue weighted by Crippen LogP contribution is 2.32. The van der Waals surface area contributed by atoms with Gasteiger partial charge in [0.05, 0.1) is 5.56 Å². The average molecular weight is 305 g/mol. The summed E-state index contributed by atoms with van der Waals surface area (Å²) >= 11 is 0. The maximum Gasteiger partial charge on any atom is 0.419 e. The molecule has 1 aliphatic heterocycles. The number of halogens is 4. The van der Waals surface area contributed by atoms with Gasteiger partial charge < -0.3 is 10.1 Å². The highest BCUT2D eigenvalue weighted by atomic mass is 19.4. The number of carbonyl (C=O) groups excluding carboxylic acids is 1. The summed E-state index contributed by atoms with van der Waals surface area (Å²) in [5, 5.41) is 2.70. The molecule has 0 radical (unpaired) electrons. The zero-order chi connectivity index (χ0) is 15.7. The number of alkyl halides is 3. The van der Waals surface area contributed by atoms with Crippen molar-refractivity contribution < 1.29 is 27.1 Å². The molecule has 1 aromatic carbocycles. The van der Waals surface area contributed by atoms with Crippen molar-refractivity contribution in [3.63, 3.8) is 0 Å². The summed E-state index contributed by atoms with van der Waals surface area (Å²) in [6, 6.07) is 2.24. The van der Waals surface area contributed by atoms with Crippen LogP contribution in [0.1, 0.15) is 35.7 Å². The molecule has 1 heterocycles. The molecule has 0 spiro atoms.